The van der Waals surface area contributed by atoms with Gasteiger partial charge in [0.15, 0.2) is 0 Å². The van der Waals surface area contributed by atoms with Crippen LogP contribution in [0.1, 0.15) is 0 Å². The highest BCUT2D eigenvalue weighted by Gasteiger charge is 2.12. The van der Waals surface area contributed by atoms with Crippen molar-refractivity contribution in [1.29, 1.82) is 0 Å². The van der Waals surface area contributed by atoms with Crippen LogP contribution in [0.5, 0.6) is 0 Å². The summed E-state index contributed by atoms with van der Waals surface area (Å²) in [5.74, 6) is -0.764. The average molecular weight is 285 g/mol. The second-order valence-electron chi connectivity index (χ2n) is 4.35. The van der Waals surface area contributed by atoms with E-state index in [1.54, 1.807) is 0 Å². The predicted molar refractivity (Wildman–Crippen MR) is 73.4 cm³/mol. The molecule has 6 heteroatoms. The molecule has 4 nitrogen and oxygen atoms in total. The number of aromatic amines is 1. The van der Waals surface area contributed by atoms with E-state index in [9.17, 15) is 13.6 Å². The summed E-state index contributed by atoms with van der Waals surface area (Å²) in [4.78, 5) is 15.3. The van der Waals surface area contributed by atoms with Gasteiger partial charge >= 0.3 is 5.69 Å². The first-order valence-electron chi connectivity index (χ1n) is 6.12. The number of rotatable bonds is 2. The van der Waals surface area contributed by atoms with Crippen LogP contribution >= 0.6 is 0 Å². The SMILES string of the molecule is O=c1nc(-c2ccc(F)cc2)c(-c2ccc(F)cc2)n[nH]1. The first kappa shape index (κ1) is 13.1. The summed E-state index contributed by atoms with van der Waals surface area (Å²) in [6.45, 7) is 0. The molecule has 104 valence electrons. The molecule has 0 radical (unpaired) electrons. The summed E-state index contributed by atoms with van der Waals surface area (Å²) >= 11 is 0. The lowest BCUT2D eigenvalue weighted by Gasteiger charge is -2.07. The molecule has 2 aromatic carbocycles. The van der Waals surface area contributed by atoms with Crippen LogP contribution in [0.15, 0.2) is 53.3 Å². The third-order valence-electron chi connectivity index (χ3n) is 2.94. The third kappa shape index (κ3) is 2.69. The van der Waals surface area contributed by atoms with Gasteiger partial charge in [-0.3, -0.25) is 0 Å². The second-order valence-corrected chi connectivity index (χ2v) is 4.35. The molecule has 21 heavy (non-hydrogen) atoms. The summed E-state index contributed by atoms with van der Waals surface area (Å²) in [6.07, 6.45) is 0. The molecule has 0 unspecified atom stereocenters. The molecule has 3 rings (SSSR count). The second kappa shape index (κ2) is 5.24. The van der Waals surface area contributed by atoms with Crippen LogP contribution in [-0.2, 0) is 0 Å². The summed E-state index contributed by atoms with van der Waals surface area (Å²) in [5.41, 5.74) is 1.24. The molecular weight excluding hydrogens is 276 g/mol. The summed E-state index contributed by atoms with van der Waals surface area (Å²) < 4.78 is 26.0. The Morgan fingerprint density at radius 2 is 1.24 bits per heavy atom. The van der Waals surface area contributed by atoms with E-state index in [1.807, 2.05) is 0 Å². The Bertz CT molecular complexity index is 827. The standard InChI is InChI=1S/C15H9F2N3O/c16-11-5-1-9(2-6-11)13-14(19-20-15(21)18-13)10-3-7-12(17)8-4-10/h1-8H,(H,18,20,21). The van der Waals surface area contributed by atoms with E-state index in [0.717, 1.165) is 0 Å². The third-order valence-corrected chi connectivity index (χ3v) is 2.94. The smallest absolute Gasteiger partial charge is 0.244 e. The fraction of sp³-hybridized carbons (Fsp3) is 0. The zero-order valence-corrected chi connectivity index (χ0v) is 10.7. The van der Waals surface area contributed by atoms with Crippen molar-refractivity contribution in [3.8, 4) is 22.5 Å². The van der Waals surface area contributed by atoms with Crippen LogP contribution in [0.3, 0.4) is 0 Å². The van der Waals surface area contributed by atoms with Crippen molar-refractivity contribution in [1.82, 2.24) is 15.2 Å². The lowest BCUT2D eigenvalue weighted by molar-refractivity contribution is 0.627. The zero-order chi connectivity index (χ0) is 14.8. The van der Waals surface area contributed by atoms with Crippen molar-refractivity contribution in [2.45, 2.75) is 0 Å². The molecule has 0 aliphatic heterocycles. The van der Waals surface area contributed by atoms with E-state index in [0.29, 0.717) is 22.5 Å². The van der Waals surface area contributed by atoms with Gasteiger partial charge in [-0.15, -0.1) is 0 Å². The maximum atomic E-state index is 13.0. The van der Waals surface area contributed by atoms with E-state index >= 15 is 0 Å². The number of benzene rings is 2. The van der Waals surface area contributed by atoms with Gasteiger partial charge in [-0.1, -0.05) is 0 Å². The fourth-order valence-corrected chi connectivity index (χ4v) is 1.95. The van der Waals surface area contributed by atoms with Crippen LogP contribution in [0.4, 0.5) is 8.78 Å². The highest BCUT2D eigenvalue weighted by Crippen LogP contribution is 2.27. The summed E-state index contributed by atoms with van der Waals surface area (Å²) in [5, 5.41) is 6.21. The number of hydrogen-bond acceptors (Lipinski definition) is 3. The van der Waals surface area contributed by atoms with E-state index in [2.05, 4.69) is 15.2 Å². The minimum absolute atomic E-state index is 0.311. The van der Waals surface area contributed by atoms with Gasteiger partial charge in [0.05, 0.1) is 0 Å². The van der Waals surface area contributed by atoms with Crippen LogP contribution in [0.25, 0.3) is 22.5 Å². The van der Waals surface area contributed by atoms with Crippen LogP contribution < -0.4 is 5.69 Å². The molecule has 3 aromatic rings. The van der Waals surface area contributed by atoms with Crippen molar-refractivity contribution >= 4 is 0 Å². The first-order valence-corrected chi connectivity index (χ1v) is 6.12. The minimum atomic E-state index is -0.611. The van der Waals surface area contributed by atoms with Crippen molar-refractivity contribution in [3.05, 3.63) is 70.6 Å². The van der Waals surface area contributed by atoms with Crippen molar-refractivity contribution in [2.24, 2.45) is 0 Å². The number of nitrogens with zero attached hydrogens (tertiary/aromatic N) is 2. The number of hydrogen-bond donors (Lipinski definition) is 1. The van der Waals surface area contributed by atoms with Gasteiger partial charge in [0.25, 0.3) is 0 Å². The molecule has 0 saturated heterocycles. The highest BCUT2D eigenvalue weighted by atomic mass is 19.1. The predicted octanol–water partition coefficient (Wildman–Crippen LogP) is 2.78. The molecule has 0 amide bonds. The molecule has 1 N–H and O–H groups in total. The van der Waals surface area contributed by atoms with Crippen LogP contribution in [0, 0.1) is 11.6 Å². The quantitative estimate of drug-likeness (QED) is 0.787. The highest BCUT2D eigenvalue weighted by molar-refractivity contribution is 5.77. The Morgan fingerprint density at radius 3 is 1.76 bits per heavy atom. The molecule has 0 fully saturated rings. The normalized spacial score (nSPS) is 10.6. The van der Waals surface area contributed by atoms with E-state index in [4.69, 9.17) is 0 Å². The largest absolute Gasteiger partial charge is 0.361 e. The van der Waals surface area contributed by atoms with Gasteiger partial charge in [0, 0.05) is 11.1 Å². The van der Waals surface area contributed by atoms with E-state index in [-0.39, 0.29) is 11.6 Å². The summed E-state index contributed by atoms with van der Waals surface area (Å²) in [6, 6.07) is 11.2. The minimum Gasteiger partial charge on any atom is -0.244 e. The van der Waals surface area contributed by atoms with Gasteiger partial charge in [-0.25, -0.2) is 18.7 Å². The molecule has 1 heterocycles. The lowest BCUT2D eigenvalue weighted by Crippen LogP contribution is -2.14. The zero-order valence-electron chi connectivity index (χ0n) is 10.7. The van der Waals surface area contributed by atoms with Crippen LogP contribution in [-0.4, -0.2) is 15.2 Å². The Balaban J connectivity index is 2.19. The Kier molecular flexibility index (Phi) is 3.27. The average Bonchev–Trinajstić information content (AvgIpc) is 2.49. The van der Waals surface area contributed by atoms with Gasteiger partial charge in [0.2, 0.25) is 0 Å². The molecule has 0 aliphatic rings. The number of aromatic nitrogens is 3. The molecule has 1 aromatic heterocycles. The number of nitrogens with one attached hydrogen (secondary N) is 1. The van der Waals surface area contributed by atoms with Crippen molar-refractivity contribution < 1.29 is 8.78 Å². The maximum absolute atomic E-state index is 13.0. The summed E-state index contributed by atoms with van der Waals surface area (Å²) in [7, 11) is 0. The van der Waals surface area contributed by atoms with E-state index < -0.39 is 5.69 Å². The molecule has 0 bridgehead atoms. The Morgan fingerprint density at radius 1 is 0.762 bits per heavy atom. The first-order chi connectivity index (χ1) is 10.1. The molecule has 0 atom stereocenters. The fourth-order valence-electron chi connectivity index (χ4n) is 1.95. The molecule has 0 saturated carbocycles. The number of H-pyrrole nitrogens is 1. The van der Waals surface area contributed by atoms with Gasteiger partial charge in [0.1, 0.15) is 23.0 Å². The van der Waals surface area contributed by atoms with Gasteiger partial charge in [-0.2, -0.15) is 10.1 Å². The molecule has 0 spiro atoms. The lowest BCUT2D eigenvalue weighted by atomic mass is 10.0. The van der Waals surface area contributed by atoms with Crippen LogP contribution in [0.2, 0.25) is 0 Å². The number of halogens is 2. The Labute approximate surface area is 118 Å². The van der Waals surface area contributed by atoms with E-state index in [1.165, 1.54) is 48.5 Å². The van der Waals surface area contributed by atoms with Gasteiger partial charge < -0.3 is 0 Å². The Hall–Kier alpha value is -2.89. The monoisotopic (exact) mass is 285 g/mol. The molecular formula is C15H9F2N3O. The van der Waals surface area contributed by atoms with Crippen molar-refractivity contribution in [3.63, 3.8) is 0 Å². The van der Waals surface area contributed by atoms with Gasteiger partial charge in [-0.05, 0) is 48.5 Å². The van der Waals surface area contributed by atoms with Crippen molar-refractivity contribution in [2.75, 3.05) is 0 Å². The molecule has 0 aliphatic carbocycles. The topological polar surface area (TPSA) is 58.6 Å². The maximum Gasteiger partial charge on any atom is 0.361 e.